The summed E-state index contributed by atoms with van der Waals surface area (Å²) in [6, 6.07) is 0.549. The van der Waals surface area contributed by atoms with Crippen LogP contribution in [-0.4, -0.2) is 74.0 Å². The first-order valence-corrected chi connectivity index (χ1v) is 5.34. The molecule has 0 radical (unpaired) electrons. The van der Waals surface area contributed by atoms with Gasteiger partial charge in [-0.25, -0.2) is 0 Å². The second-order valence-corrected chi connectivity index (χ2v) is 3.90. The lowest BCUT2D eigenvalue weighted by Gasteiger charge is -2.39. The molecule has 1 atom stereocenters. The molecule has 1 aliphatic rings. The van der Waals surface area contributed by atoms with Crippen LogP contribution in [0.1, 0.15) is 6.92 Å². The van der Waals surface area contributed by atoms with Crippen molar-refractivity contribution in [1.82, 2.24) is 9.80 Å². The summed E-state index contributed by atoms with van der Waals surface area (Å²) in [7, 11) is 1.74. The molecule has 0 unspecified atom stereocenters. The number of ether oxygens (including phenoxy) is 1. The fourth-order valence-electron chi connectivity index (χ4n) is 1.95. The largest absolute Gasteiger partial charge is 0.395 e. The van der Waals surface area contributed by atoms with E-state index in [1.807, 2.05) is 0 Å². The van der Waals surface area contributed by atoms with Crippen molar-refractivity contribution in [2.75, 3.05) is 53.0 Å². The van der Waals surface area contributed by atoms with Crippen LogP contribution in [0.15, 0.2) is 0 Å². The highest BCUT2D eigenvalue weighted by molar-refractivity contribution is 4.78. The second-order valence-electron chi connectivity index (χ2n) is 3.90. The molecule has 1 saturated heterocycles. The van der Waals surface area contributed by atoms with Gasteiger partial charge in [0, 0.05) is 45.9 Å². The van der Waals surface area contributed by atoms with E-state index in [1.165, 1.54) is 0 Å². The number of β-amino-alcohol motifs (C(OH)–C–C–N with tert-alkyl or cyclic N) is 1. The van der Waals surface area contributed by atoms with E-state index in [-0.39, 0.29) is 6.61 Å². The van der Waals surface area contributed by atoms with E-state index >= 15 is 0 Å². The smallest absolute Gasteiger partial charge is 0.0589 e. The van der Waals surface area contributed by atoms with Crippen molar-refractivity contribution in [2.45, 2.75) is 13.0 Å². The van der Waals surface area contributed by atoms with E-state index in [9.17, 15) is 0 Å². The van der Waals surface area contributed by atoms with Crippen LogP contribution in [0.4, 0.5) is 0 Å². The molecule has 0 saturated carbocycles. The topological polar surface area (TPSA) is 35.9 Å². The van der Waals surface area contributed by atoms with Crippen molar-refractivity contribution in [2.24, 2.45) is 0 Å². The number of hydrogen-bond donors (Lipinski definition) is 1. The number of hydrogen-bond acceptors (Lipinski definition) is 4. The number of piperazine rings is 1. The van der Waals surface area contributed by atoms with Crippen LogP contribution < -0.4 is 0 Å². The van der Waals surface area contributed by atoms with Crippen LogP contribution in [0, 0.1) is 0 Å². The van der Waals surface area contributed by atoms with Crippen molar-refractivity contribution in [3.8, 4) is 0 Å². The van der Waals surface area contributed by atoms with Crippen LogP contribution in [0.2, 0.25) is 0 Å². The predicted molar refractivity (Wildman–Crippen MR) is 56.4 cm³/mol. The molecule has 1 heterocycles. The molecule has 1 rings (SSSR count). The predicted octanol–water partition coefficient (Wildman–Crippen LogP) is -0.369. The second kappa shape index (κ2) is 6.35. The molecule has 0 aliphatic carbocycles. The summed E-state index contributed by atoms with van der Waals surface area (Å²) in [4.78, 5) is 4.76. The monoisotopic (exact) mass is 202 g/mol. The molecule has 0 bridgehead atoms. The Morgan fingerprint density at radius 2 is 2.14 bits per heavy atom. The molecule has 1 fully saturated rings. The van der Waals surface area contributed by atoms with Gasteiger partial charge in [-0.3, -0.25) is 9.80 Å². The Bertz CT molecular complexity index is 155. The summed E-state index contributed by atoms with van der Waals surface area (Å²) in [5.74, 6) is 0. The zero-order valence-electron chi connectivity index (χ0n) is 9.28. The maximum absolute atomic E-state index is 8.87. The SMILES string of the molecule is COCCN1CCN(CCO)[C@H](C)C1. The Hall–Kier alpha value is -0.160. The summed E-state index contributed by atoms with van der Waals surface area (Å²) in [5, 5.41) is 8.87. The molecule has 4 nitrogen and oxygen atoms in total. The first-order valence-electron chi connectivity index (χ1n) is 5.34. The Morgan fingerprint density at radius 3 is 2.71 bits per heavy atom. The highest BCUT2D eigenvalue weighted by Crippen LogP contribution is 2.08. The van der Waals surface area contributed by atoms with Gasteiger partial charge in [-0.15, -0.1) is 0 Å². The summed E-state index contributed by atoms with van der Waals surface area (Å²) >= 11 is 0. The Balaban J connectivity index is 2.24. The maximum atomic E-state index is 8.87. The molecule has 0 aromatic rings. The number of aliphatic hydroxyl groups excluding tert-OH is 1. The van der Waals surface area contributed by atoms with Crippen molar-refractivity contribution >= 4 is 0 Å². The molecule has 0 aromatic heterocycles. The minimum Gasteiger partial charge on any atom is -0.395 e. The third-order valence-corrected chi connectivity index (χ3v) is 2.85. The number of rotatable bonds is 5. The lowest BCUT2D eigenvalue weighted by atomic mass is 10.2. The van der Waals surface area contributed by atoms with Gasteiger partial charge in [0.1, 0.15) is 0 Å². The average molecular weight is 202 g/mol. The lowest BCUT2D eigenvalue weighted by molar-refractivity contribution is 0.0529. The molecule has 0 aromatic carbocycles. The summed E-state index contributed by atoms with van der Waals surface area (Å²) < 4.78 is 5.06. The fourth-order valence-corrected chi connectivity index (χ4v) is 1.95. The van der Waals surface area contributed by atoms with E-state index < -0.39 is 0 Å². The normalized spacial score (nSPS) is 25.5. The first kappa shape index (κ1) is 11.9. The van der Waals surface area contributed by atoms with E-state index in [1.54, 1.807) is 7.11 Å². The van der Waals surface area contributed by atoms with Crippen molar-refractivity contribution in [3.05, 3.63) is 0 Å². The zero-order chi connectivity index (χ0) is 10.4. The van der Waals surface area contributed by atoms with Gasteiger partial charge in [0.2, 0.25) is 0 Å². The van der Waals surface area contributed by atoms with E-state index in [2.05, 4.69) is 16.7 Å². The van der Waals surface area contributed by atoms with E-state index in [4.69, 9.17) is 9.84 Å². The van der Waals surface area contributed by atoms with Gasteiger partial charge < -0.3 is 9.84 Å². The Morgan fingerprint density at radius 1 is 1.36 bits per heavy atom. The fraction of sp³-hybridized carbons (Fsp3) is 1.00. The van der Waals surface area contributed by atoms with Crippen molar-refractivity contribution < 1.29 is 9.84 Å². The molecule has 84 valence electrons. The minimum atomic E-state index is 0.266. The van der Waals surface area contributed by atoms with Gasteiger partial charge in [-0.1, -0.05) is 0 Å². The van der Waals surface area contributed by atoms with Crippen LogP contribution in [0.5, 0.6) is 0 Å². The highest BCUT2D eigenvalue weighted by Gasteiger charge is 2.22. The average Bonchev–Trinajstić information content (AvgIpc) is 2.19. The van der Waals surface area contributed by atoms with Gasteiger partial charge in [0.15, 0.2) is 0 Å². The third-order valence-electron chi connectivity index (χ3n) is 2.85. The molecule has 0 spiro atoms. The maximum Gasteiger partial charge on any atom is 0.0589 e. The number of nitrogens with zero attached hydrogens (tertiary/aromatic N) is 2. The molecular formula is C10H22N2O2. The number of aliphatic hydroxyl groups is 1. The Labute approximate surface area is 86.4 Å². The van der Waals surface area contributed by atoms with Gasteiger partial charge in [-0.2, -0.15) is 0 Å². The van der Waals surface area contributed by atoms with Crippen LogP contribution in [0.3, 0.4) is 0 Å². The van der Waals surface area contributed by atoms with Crippen LogP contribution in [-0.2, 0) is 4.74 Å². The quantitative estimate of drug-likeness (QED) is 0.660. The molecule has 0 amide bonds. The van der Waals surface area contributed by atoms with E-state index in [0.29, 0.717) is 6.04 Å². The molecule has 1 N–H and O–H groups in total. The van der Waals surface area contributed by atoms with E-state index in [0.717, 1.165) is 39.3 Å². The molecular weight excluding hydrogens is 180 g/mol. The standard InChI is InChI=1S/C10H22N2O2/c1-10-9-11(6-8-14-2)3-4-12(10)5-7-13/h10,13H,3-9H2,1-2H3/t10-/m1/s1. The van der Waals surface area contributed by atoms with Gasteiger partial charge in [-0.05, 0) is 6.92 Å². The zero-order valence-corrected chi connectivity index (χ0v) is 9.28. The van der Waals surface area contributed by atoms with Gasteiger partial charge >= 0.3 is 0 Å². The summed E-state index contributed by atoms with van der Waals surface area (Å²) in [5.41, 5.74) is 0. The Kier molecular flexibility index (Phi) is 5.40. The molecule has 14 heavy (non-hydrogen) atoms. The van der Waals surface area contributed by atoms with Crippen LogP contribution >= 0.6 is 0 Å². The van der Waals surface area contributed by atoms with Crippen molar-refractivity contribution in [3.63, 3.8) is 0 Å². The van der Waals surface area contributed by atoms with Gasteiger partial charge in [0.05, 0.1) is 13.2 Å². The third kappa shape index (κ3) is 3.53. The van der Waals surface area contributed by atoms with Crippen LogP contribution in [0.25, 0.3) is 0 Å². The molecule has 1 aliphatic heterocycles. The first-order chi connectivity index (χ1) is 6.77. The van der Waals surface area contributed by atoms with Crippen molar-refractivity contribution in [1.29, 1.82) is 0 Å². The molecule has 4 heteroatoms. The highest BCUT2D eigenvalue weighted by atomic mass is 16.5. The summed E-state index contributed by atoms with van der Waals surface area (Å²) in [6.45, 7) is 8.36. The van der Waals surface area contributed by atoms with Gasteiger partial charge in [0.25, 0.3) is 0 Å². The number of methoxy groups -OCH3 is 1. The lowest BCUT2D eigenvalue weighted by Crippen LogP contribution is -2.53. The summed E-state index contributed by atoms with van der Waals surface area (Å²) in [6.07, 6.45) is 0. The minimum absolute atomic E-state index is 0.266.